The predicted molar refractivity (Wildman–Crippen MR) is 278 cm³/mol. The van der Waals surface area contributed by atoms with Crippen molar-refractivity contribution in [3.8, 4) is 22.6 Å². The topological polar surface area (TPSA) is 9.23 Å². The lowest BCUT2D eigenvalue weighted by Gasteiger charge is -2.65. The molecule has 12 saturated carbocycles. The normalized spacial score (nSPS) is 38.9. The standard InChI is InChI=1S/C62H76B2O/c1-33-51-26-39(61(51,7)8)28-53(33)63(42-22-35-20-36(23-42)59(35,3)4)41-18-19-46-50-31-48-44-14-11-12-15-45(44)55(32-49(48)47-16-13-17-56(58(47)50)65-57(46)30-41)64(43-24-37-21-38(25-43)60(37,5)6)54-29-40-27-52(34(54)2)62(40,9)10/h11-19,30-40,42-43,51-54H,20-29H2,1-10H3. The van der Waals surface area contributed by atoms with Crippen molar-refractivity contribution in [1.82, 2.24) is 0 Å². The molecule has 18 rings (SSSR count). The molecule has 1 heterocycles. The lowest BCUT2D eigenvalue weighted by Crippen LogP contribution is -2.60. The van der Waals surface area contributed by atoms with Gasteiger partial charge in [-0.05, 0) is 157 Å². The summed E-state index contributed by atoms with van der Waals surface area (Å²) in [6.45, 7) is 27.3. The van der Waals surface area contributed by atoms with Gasteiger partial charge in [0.2, 0.25) is 0 Å². The van der Waals surface area contributed by atoms with Gasteiger partial charge >= 0.3 is 0 Å². The first-order valence-electron chi connectivity index (χ1n) is 27.2. The van der Waals surface area contributed by atoms with Crippen LogP contribution in [0.5, 0.6) is 11.5 Å². The molecule has 0 amide bonds. The Balaban J connectivity index is 0.900. The van der Waals surface area contributed by atoms with Crippen molar-refractivity contribution in [2.24, 2.45) is 80.8 Å². The number of fused-ring (bicyclic) bond motifs is 14. The molecule has 12 atom stereocenters. The molecule has 1 nitrogen and oxygen atoms in total. The highest BCUT2D eigenvalue weighted by Crippen LogP contribution is 2.70. The van der Waals surface area contributed by atoms with E-state index in [1.165, 1.54) is 108 Å². The lowest BCUT2D eigenvalue weighted by molar-refractivity contribution is -0.100. The first-order chi connectivity index (χ1) is 31.0. The Bertz CT molecular complexity index is 2800. The molecule has 0 spiro atoms. The molecule has 336 valence electrons. The molecule has 5 aromatic carbocycles. The van der Waals surface area contributed by atoms with Crippen molar-refractivity contribution < 1.29 is 4.74 Å². The number of benzene rings is 5. The van der Waals surface area contributed by atoms with Crippen LogP contribution in [0.15, 0.2) is 72.8 Å². The molecular formula is C62H76B2O. The van der Waals surface area contributed by atoms with Crippen molar-refractivity contribution in [3.63, 3.8) is 0 Å². The highest BCUT2D eigenvalue weighted by molar-refractivity contribution is 6.79. The summed E-state index contributed by atoms with van der Waals surface area (Å²) in [5, 5.41) is 8.55. The van der Waals surface area contributed by atoms with Gasteiger partial charge in [-0.3, -0.25) is 0 Å². The molecule has 0 saturated heterocycles. The summed E-state index contributed by atoms with van der Waals surface area (Å²) in [5.74, 6) is 13.8. The molecule has 13 aliphatic rings. The lowest BCUT2D eigenvalue weighted by atomic mass is 9.20. The van der Waals surface area contributed by atoms with Crippen LogP contribution in [-0.2, 0) is 0 Å². The average Bonchev–Trinajstić information content (AvgIpc) is 3.30. The van der Waals surface area contributed by atoms with E-state index in [1.807, 2.05) is 0 Å². The summed E-state index contributed by atoms with van der Waals surface area (Å²) in [6, 6.07) is 29.7. The molecule has 12 fully saturated rings. The van der Waals surface area contributed by atoms with Crippen LogP contribution in [0.3, 0.4) is 0 Å². The van der Waals surface area contributed by atoms with Crippen LogP contribution in [0.25, 0.3) is 43.4 Å². The van der Waals surface area contributed by atoms with Gasteiger partial charge in [0.15, 0.2) is 13.4 Å². The molecule has 12 aliphatic carbocycles. The van der Waals surface area contributed by atoms with E-state index in [1.54, 1.807) is 10.9 Å². The zero-order valence-corrected chi connectivity index (χ0v) is 41.6. The highest BCUT2D eigenvalue weighted by Gasteiger charge is 2.63. The second kappa shape index (κ2) is 13.3. The van der Waals surface area contributed by atoms with Crippen LogP contribution in [0.2, 0.25) is 23.3 Å². The summed E-state index contributed by atoms with van der Waals surface area (Å²) in [5.41, 5.74) is 7.95. The van der Waals surface area contributed by atoms with E-state index in [-0.39, 0.29) is 0 Å². The van der Waals surface area contributed by atoms with E-state index >= 15 is 0 Å². The van der Waals surface area contributed by atoms with Gasteiger partial charge < -0.3 is 4.74 Å². The monoisotopic (exact) mass is 859 g/mol. The molecule has 0 aromatic heterocycles. The van der Waals surface area contributed by atoms with Crippen molar-refractivity contribution in [2.75, 3.05) is 0 Å². The Kier molecular flexibility index (Phi) is 8.37. The molecule has 3 heteroatoms. The first-order valence-corrected chi connectivity index (χ1v) is 27.2. The predicted octanol–water partition coefficient (Wildman–Crippen LogP) is 16.1. The second-order valence-corrected chi connectivity index (χ2v) is 27.7. The number of hydrogen-bond acceptors (Lipinski definition) is 1. The second-order valence-electron chi connectivity index (χ2n) is 27.7. The number of hydrogen-bond donors (Lipinski definition) is 0. The fraction of sp³-hybridized carbons (Fsp3) is 0.613. The van der Waals surface area contributed by atoms with Gasteiger partial charge in [-0.1, -0.05) is 197 Å². The minimum Gasteiger partial charge on any atom is -0.456 e. The van der Waals surface area contributed by atoms with Gasteiger partial charge in [0.25, 0.3) is 0 Å². The van der Waals surface area contributed by atoms with Gasteiger partial charge in [-0.2, -0.15) is 0 Å². The molecule has 0 N–H and O–H groups in total. The zero-order chi connectivity index (χ0) is 44.4. The van der Waals surface area contributed by atoms with E-state index < -0.39 is 0 Å². The van der Waals surface area contributed by atoms with E-state index in [2.05, 4.69) is 142 Å². The fourth-order valence-corrected chi connectivity index (χ4v) is 19.9. The Morgan fingerprint density at radius 2 is 0.954 bits per heavy atom. The van der Waals surface area contributed by atoms with Gasteiger partial charge in [-0.25, -0.2) is 0 Å². The third-order valence-corrected chi connectivity index (χ3v) is 24.7. The van der Waals surface area contributed by atoms with Gasteiger partial charge in [0, 0.05) is 10.9 Å². The Hall–Kier alpha value is -3.19. The van der Waals surface area contributed by atoms with Crippen molar-refractivity contribution in [1.29, 1.82) is 0 Å². The van der Waals surface area contributed by atoms with Crippen molar-refractivity contribution >= 4 is 56.7 Å². The van der Waals surface area contributed by atoms with Crippen LogP contribution in [0, 0.1) is 80.8 Å². The molecule has 65 heavy (non-hydrogen) atoms. The van der Waals surface area contributed by atoms with Crippen molar-refractivity contribution in [2.45, 2.75) is 157 Å². The zero-order valence-electron chi connectivity index (χ0n) is 41.6. The van der Waals surface area contributed by atoms with Gasteiger partial charge in [0.1, 0.15) is 11.5 Å². The Morgan fingerprint density at radius 3 is 1.52 bits per heavy atom. The third kappa shape index (κ3) is 5.32. The third-order valence-electron chi connectivity index (χ3n) is 24.7. The van der Waals surface area contributed by atoms with Crippen LogP contribution in [-0.4, -0.2) is 13.4 Å². The van der Waals surface area contributed by atoms with Crippen LogP contribution in [0.1, 0.15) is 133 Å². The number of rotatable bonds is 6. The molecule has 5 aromatic rings. The SMILES string of the molecule is CC1C(B(c2ccc3c(c2)Oc2cccc4c2c-3cc2c3ccccc3c(B(C3CC5CC(C3)C5(C)C)C3CC5CC(C3C)C5(C)C)cc42)C2CC3CC(C2)C3(C)C)CC2CC1C2(C)C. The van der Waals surface area contributed by atoms with Crippen LogP contribution in [0.4, 0.5) is 0 Å². The van der Waals surface area contributed by atoms with Crippen LogP contribution >= 0.6 is 0 Å². The van der Waals surface area contributed by atoms with Crippen molar-refractivity contribution in [3.05, 3.63) is 72.8 Å². The quantitative estimate of drug-likeness (QED) is 0.120. The fourth-order valence-electron chi connectivity index (χ4n) is 19.9. The highest BCUT2D eigenvalue weighted by atomic mass is 16.5. The summed E-state index contributed by atoms with van der Waals surface area (Å²) in [6.07, 6.45) is 14.3. The largest absolute Gasteiger partial charge is 0.456 e. The van der Waals surface area contributed by atoms with E-state index in [9.17, 15) is 0 Å². The molecule has 1 aliphatic heterocycles. The molecule has 12 unspecified atom stereocenters. The minimum atomic E-state index is 0.497. The molecule has 0 radical (unpaired) electrons. The summed E-state index contributed by atoms with van der Waals surface area (Å²) in [4.78, 5) is 0. The summed E-state index contributed by atoms with van der Waals surface area (Å²) >= 11 is 0. The maximum atomic E-state index is 7.26. The smallest absolute Gasteiger partial charge is 0.183 e. The summed E-state index contributed by atoms with van der Waals surface area (Å²) < 4.78 is 7.26. The van der Waals surface area contributed by atoms with E-state index in [4.69, 9.17) is 4.74 Å². The first kappa shape index (κ1) is 40.8. The Morgan fingerprint density at radius 1 is 0.431 bits per heavy atom. The minimum absolute atomic E-state index is 0.497. The van der Waals surface area contributed by atoms with E-state index in [0.29, 0.717) is 35.1 Å². The van der Waals surface area contributed by atoms with Gasteiger partial charge in [0.05, 0.1) is 0 Å². The molecule has 8 bridgehead atoms. The van der Waals surface area contributed by atoms with Gasteiger partial charge in [-0.15, -0.1) is 0 Å². The molecular weight excluding hydrogens is 782 g/mol. The Labute approximate surface area is 392 Å². The van der Waals surface area contributed by atoms with E-state index in [0.717, 1.165) is 93.9 Å². The average molecular weight is 859 g/mol. The number of ether oxygens (including phenoxy) is 1. The maximum Gasteiger partial charge on any atom is 0.183 e. The maximum absolute atomic E-state index is 7.26. The summed E-state index contributed by atoms with van der Waals surface area (Å²) in [7, 11) is 0. The van der Waals surface area contributed by atoms with Crippen LogP contribution < -0.4 is 15.7 Å².